The van der Waals surface area contributed by atoms with E-state index in [0.29, 0.717) is 22.8 Å². The largest absolute Gasteiger partial charge is 0.495 e. The molecule has 0 aliphatic carbocycles. The van der Waals surface area contributed by atoms with E-state index in [9.17, 15) is 19.2 Å². The Labute approximate surface area is 161 Å². The summed E-state index contributed by atoms with van der Waals surface area (Å²) in [5, 5.41) is 5.37. The number of imide groups is 1. The number of nitrogens with zero attached hydrogens (tertiary/aromatic N) is 1. The Hall–Kier alpha value is -3.68. The van der Waals surface area contributed by atoms with Crippen LogP contribution in [0.1, 0.15) is 30.1 Å². The molecular formula is C20H19N3O5. The second-order valence-electron chi connectivity index (χ2n) is 6.22. The fourth-order valence-corrected chi connectivity index (χ4v) is 2.93. The number of amides is 4. The molecule has 0 atom stereocenters. The number of methoxy groups -OCH3 is 1. The van der Waals surface area contributed by atoms with E-state index in [1.807, 2.05) is 0 Å². The Morgan fingerprint density at radius 1 is 1.00 bits per heavy atom. The van der Waals surface area contributed by atoms with Gasteiger partial charge in [-0.3, -0.25) is 24.1 Å². The maximum atomic E-state index is 12.7. The van der Waals surface area contributed by atoms with Gasteiger partial charge < -0.3 is 15.4 Å². The van der Waals surface area contributed by atoms with E-state index < -0.39 is 5.91 Å². The van der Waals surface area contributed by atoms with E-state index in [1.54, 1.807) is 36.4 Å². The topological polar surface area (TPSA) is 105 Å². The summed E-state index contributed by atoms with van der Waals surface area (Å²) in [6.45, 7) is 1.38. The van der Waals surface area contributed by atoms with E-state index in [4.69, 9.17) is 4.74 Å². The van der Waals surface area contributed by atoms with Crippen LogP contribution in [0.2, 0.25) is 0 Å². The summed E-state index contributed by atoms with van der Waals surface area (Å²) in [5.41, 5.74) is 1.51. The summed E-state index contributed by atoms with van der Waals surface area (Å²) in [4.78, 5) is 48.9. The second-order valence-corrected chi connectivity index (χ2v) is 6.22. The number of hydrogen-bond acceptors (Lipinski definition) is 5. The van der Waals surface area contributed by atoms with Crippen molar-refractivity contribution < 1.29 is 23.9 Å². The van der Waals surface area contributed by atoms with E-state index in [-0.39, 0.29) is 36.1 Å². The van der Waals surface area contributed by atoms with Crippen molar-refractivity contribution in [3.05, 3.63) is 48.0 Å². The molecule has 144 valence electrons. The van der Waals surface area contributed by atoms with Crippen LogP contribution < -0.4 is 20.3 Å². The molecule has 2 N–H and O–H groups in total. The molecule has 1 heterocycles. The molecule has 1 aliphatic heterocycles. The molecule has 2 aromatic rings. The minimum Gasteiger partial charge on any atom is -0.495 e. The van der Waals surface area contributed by atoms with E-state index in [0.717, 1.165) is 4.90 Å². The zero-order valence-electron chi connectivity index (χ0n) is 15.4. The Balaban J connectivity index is 1.85. The van der Waals surface area contributed by atoms with Crippen LogP contribution in [0.5, 0.6) is 5.75 Å². The molecule has 8 nitrogen and oxygen atoms in total. The molecule has 0 unspecified atom stereocenters. The van der Waals surface area contributed by atoms with Gasteiger partial charge in [-0.25, -0.2) is 0 Å². The van der Waals surface area contributed by atoms with Crippen molar-refractivity contribution in [1.82, 2.24) is 0 Å². The van der Waals surface area contributed by atoms with Crippen LogP contribution in [0.25, 0.3) is 0 Å². The molecule has 2 aromatic carbocycles. The van der Waals surface area contributed by atoms with Crippen LogP contribution in [-0.2, 0) is 14.4 Å². The lowest BCUT2D eigenvalue weighted by Gasteiger charge is -2.15. The zero-order valence-corrected chi connectivity index (χ0v) is 15.4. The fraction of sp³-hybridized carbons (Fsp3) is 0.200. The highest BCUT2D eigenvalue weighted by atomic mass is 16.5. The third-order valence-electron chi connectivity index (χ3n) is 4.19. The monoisotopic (exact) mass is 381 g/mol. The van der Waals surface area contributed by atoms with E-state index in [2.05, 4.69) is 10.6 Å². The summed E-state index contributed by atoms with van der Waals surface area (Å²) in [5.74, 6) is -0.836. The van der Waals surface area contributed by atoms with Crippen LogP contribution in [0.4, 0.5) is 17.1 Å². The van der Waals surface area contributed by atoms with Gasteiger partial charge in [0.1, 0.15) is 5.75 Å². The highest BCUT2D eigenvalue weighted by molar-refractivity contribution is 6.20. The third-order valence-corrected chi connectivity index (χ3v) is 4.19. The number of ether oxygens (including phenoxy) is 1. The van der Waals surface area contributed by atoms with Crippen molar-refractivity contribution in [3.63, 3.8) is 0 Å². The zero-order chi connectivity index (χ0) is 20.3. The lowest BCUT2D eigenvalue weighted by Crippen LogP contribution is -2.28. The van der Waals surface area contributed by atoms with Crippen molar-refractivity contribution in [1.29, 1.82) is 0 Å². The highest BCUT2D eigenvalue weighted by Crippen LogP contribution is 2.29. The summed E-state index contributed by atoms with van der Waals surface area (Å²) in [7, 11) is 1.47. The normalized spacial score (nSPS) is 13.4. The van der Waals surface area contributed by atoms with Crippen molar-refractivity contribution in [2.75, 3.05) is 22.6 Å². The number of carbonyl (C=O) groups is 4. The standard InChI is InChI=1S/C20H19N3O5/c1-12(24)21-14-6-7-17(28-2)16(11-14)22-20(27)13-4-3-5-15(10-13)23-18(25)8-9-19(23)26/h3-7,10-11H,8-9H2,1-2H3,(H,21,24)(H,22,27). The summed E-state index contributed by atoms with van der Waals surface area (Å²) in [6, 6.07) is 11.1. The minimum absolute atomic E-state index is 0.169. The minimum atomic E-state index is -0.445. The molecular weight excluding hydrogens is 362 g/mol. The fourth-order valence-electron chi connectivity index (χ4n) is 2.93. The van der Waals surface area contributed by atoms with Crippen molar-refractivity contribution in [2.24, 2.45) is 0 Å². The molecule has 1 fully saturated rings. The Morgan fingerprint density at radius 2 is 1.71 bits per heavy atom. The first-order valence-corrected chi connectivity index (χ1v) is 8.62. The summed E-state index contributed by atoms with van der Waals surface area (Å²) in [6.07, 6.45) is 0.338. The molecule has 0 aromatic heterocycles. The van der Waals surface area contributed by atoms with E-state index in [1.165, 1.54) is 20.1 Å². The van der Waals surface area contributed by atoms with Gasteiger partial charge in [-0.05, 0) is 36.4 Å². The first-order chi connectivity index (χ1) is 13.4. The van der Waals surface area contributed by atoms with Gasteiger partial charge in [-0.15, -0.1) is 0 Å². The number of carbonyl (C=O) groups excluding carboxylic acids is 4. The Bertz CT molecular complexity index is 954. The highest BCUT2D eigenvalue weighted by Gasteiger charge is 2.30. The Morgan fingerprint density at radius 3 is 2.36 bits per heavy atom. The van der Waals surface area contributed by atoms with Gasteiger partial charge in [0.15, 0.2) is 0 Å². The average Bonchev–Trinajstić information content (AvgIpc) is 3.00. The number of nitrogens with one attached hydrogen (secondary N) is 2. The van der Waals surface area contributed by atoms with Crippen molar-refractivity contribution in [2.45, 2.75) is 19.8 Å². The van der Waals surface area contributed by atoms with Crippen molar-refractivity contribution in [3.8, 4) is 5.75 Å². The van der Waals surface area contributed by atoms with Gasteiger partial charge in [0.05, 0.1) is 18.5 Å². The smallest absolute Gasteiger partial charge is 0.255 e. The van der Waals surface area contributed by atoms with Gasteiger partial charge in [-0.1, -0.05) is 6.07 Å². The molecule has 3 rings (SSSR count). The van der Waals surface area contributed by atoms with Crippen LogP contribution in [-0.4, -0.2) is 30.7 Å². The van der Waals surface area contributed by atoms with Crippen LogP contribution in [0.3, 0.4) is 0 Å². The van der Waals surface area contributed by atoms with Gasteiger partial charge in [-0.2, -0.15) is 0 Å². The molecule has 1 saturated heterocycles. The quantitative estimate of drug-likeness (QED) is 0.775. The van der Waals surface area contributed by atoms with Crippen LogP contribution in [0.15, 0.2) is 42.5 Å². The first kappa shape index (κ1) is 19.1. The second kappa shape index (κ2) is 7.91. The third kappa shape index (κ3) is 4.01. The predicted octanol–water partition coefficient (Wildman–Crippen LogP) is 2.56. The van der Waals surface area contributed by atoms with Gasteiger partial charge in [0.25, 0.3) is 5.91 Å². The lowest BCUT2D eigenvalue weighted by molar-refractivity contribution is -0.121. The van der Waals surface area contributed by atoms with Gasteiger partial charge in [0, 0.05) is 31.0 Å². The Kier molecular flexibility index (Phi) is 5.39. The number of anilines is 3. The molecule has 0 spiro atoms. The first-order valence-electron chi connectivity index (χ1n) is 8.62. The van der Waals surface area contributed by atoms with Crippen LogP contribution >= 0.6 is 0 Å². The molecule has 0 saturated carbocycles. The molecule has 8 heteroatoms. The maximum Gasteiger partial charge on any atom is 0.255 e. The summed E-state index contributed by atoms with van der Waals surface area (Å²) < 4.78 is 5.25. The number of benzene rings is 2. The lowest BCUT2D eigenvalue weighted by atomic mass is 10.1. The number of hydrogen-bond donors (Lipinski definition) is 2. The molecule has 0 bridgehead atoms. The molecule has 0 radical (unpaired) electrons. The predicted molar refractivity (Wildman–Crippen MR) is 103 cm³/mol. The van der Waals surface area contributed by atoms with E-state index >= 15 is 0 Å². The van der Waals surface area contributed by atoms with Crippen molar-refractivity contribution >= 4 is 40.7 Å². The van der Waals surface area contributed by atoms with Gasteiger partial charge in [0.2, 0.25) is 17.7 Å². The van der Waals surface area contributed by atoms with Crippen LogP contribution in [0, 0.1) is 0 Å². The SMILES string of the molecule is COc1ccc(NC(C)=O)cc1NC(=O)c1cccc(N2C(=O)CCC2=O)c1. The molecule has 28 heavy (non-hydrogen) atoms. The summed E-state index contributed by atoms with van der Waals surface area (Å²) >= 11 is 0. The average molecular weight is 381 g/mol. The van der Waals surface area contributed by atoms with Gasteiger partial charge >= 0.3 is 0 Å². The maximum absolute atomic E-state index is 12.7. The number of rotatable bonds is 5. The molecule has 1 aliphatic rings. The molecule has 4 amide bonds.